The molecule has 0 aliphatic carbocycles. The van der Waals surface area contributed by atoms with Gasteiger partial charge in [-0.15, -0.1) is 0 Å². The largest absolute Gasteiger partial charge is 0.306 e. The van der Waals surface area contributed by atoms with Crippen LogP contribution in [0.4, 0.5) is 0 Å². The molecular formula is C15H30N4. The molecular weight excluding hydrogens is 236 g/mol. The number of rotatable bonds is 8. The van der Waals surface area contributed by atoms with Crippen LogP contribution in [-0.4, -0.2) is 62.7 Å². The molecule has 1 fully saturated rings. The van der Waals surface area contributed by atoms with E-state index >= 15 is 0 Å². The van der Waals surface area contributed by atoms with Crippen molar-refractivity contribution in [1.29, 1.82) is 5.26 Å². The molecule has 0 spiro atoms. The first-order valence-electron chi connectivity index (χ1n) is 7.65. The van der Waals surface area contributed by atoms with Crippen LogP contribution in [0.3, 0.4) is 0 Å². The minimum Gasteiger partial charge on any atom is -0.306 e. The zero-order chi connectivity index (χ0) is 14.1. The van der Waals surface area contributed by atoms with Gasteiger partial charge >= 0.3 is 0 Å². The van der Waals surface area contributed by atoms with Gasteiger partial charge in [0.2, 0.25) is 0 Å². The zero-order valence-electron chi connectivity index (χ0n) is 12.9. The van der Waals surface area contributed by atoms with Gasteiger partial charge in [0.15, 0.2) is 0 Å². The predicted molar refractivity (Wildman–Crippen MR) is 80.0 cm³/mol. The van der Waals surface area contributed by atoms with Crippen molar-refractivity contribution in [2.45, 2.75) is 38.6 Å². The van der Waals surface area contributed by atoms with Crippen LogP contribution < -0.4 is 5.32 Å². The number of piperidine rings is 1. The molecule has 1 rings (SSSR count). The highest BCUT2D eigenvalue weighted by molar-refractivity contribution is 4.90. The number of hydrogen-bond acceptors (Lipinski definition) is 4. The number of nitrogens with zero attached hydrogens (tertiary/aromatic N) is 3. The van der Waals surface area contributed by atoms with E-state index in [0.717, 1.165) is 31.8 Å². The fourth-order valence-corrected chi connectivity index (χ4v) is 2.66. The van der Waals surface area contributed by atoms with E-state index in [0.29, 0.717) is 0 Å². The minimum atomic E-state index is 0.0138. The Labute approximate surface area is 118 Å². The lowest BCUT2D eigenvalue weighted by atomic mass is 9.96. The number of nitrogens with one attached hydrogen (secondary N) is 1. The molecule has 4 heteroatoms. The number of nitriles is 1. The summed E-state index contributed by atoms with van der Waals surface area (Å²) in [5.74, 6) is 0.838. The highest BCUT2D eigenvalue weighted by Crippen LogP contribution is 2.16. The standard InChI is InChI=1S/C15H30N4/c1-4-8-17-15(12-16)7-11-19(3)13-14-5-9-18(2)10-6-14/h14-15,17H,4-11,13H2,1-3H3. The maximum absolute atomic E-state index is 9.08. The quantitative estimate of drug-likeness (QED) is 0.724. The molecule has 1 unspecified atom stereocenters. The van der Waals surface area contributed by atoms with Gasteiger partial charge in [-0.2, -0.15) is 5.26 Å². The summed E-state index contributed by atoms with van der Waals surface area (Å²) in [4.78, 5) is 4.81. The van der Waals surface area contributed by atoms with E-state index in [2.05, 4.69) is 42.2 Å². The van der Waals surface area contributed by atoms with E-state index in [4.69, 9.17) is 5.26 Å². The topological polar surface area (TPSA) is 42.3 Å². The van der Waals surface area contributed by atoms with Crippen molar-refractivity contribution >= 4 is 0 Å². The average Bonchev–Trinajstić information content (AvgIpc) is 2.42. The Kier molecular flexibility index (Phi) is 8.04. The maximum Gasteiger partial charge on any atom is 0.0965 e. The second-order valence-electron chi connectivity index (χ2n) is 5.93. The lowest BCUT2D eigenvalue weighted by Crippen LogP contribution is -2.37. The second kappa shape index (κ2) is 9.30. The lowest BCUT2D eigenvalue weighted by molar-refractivity contribution is 0.174. The van der Waals surface area contributed by atoms with Gasteiger partial charge in [-0.1, -0.05) is 6.92 Å². The Morgan fingerprint density at radius 2 is 2.11 bits per heavy atom. The Balaban J connectivity index is 2.16. The molecule has 1 heterocycles. The molecule has 4 nitrogen and oxygen atoms in total. The van der Waals surface area contributed by atoms with Crippen LogP contribution in [-0.2, 0) is 0 Å². The summed E-state index contributed by atoms with van der Waals surface area (Å²) in [7, 11) is 4.39. The van der Waals surface area contributed by atoms with Gasteiger partial charge in [-0.25, -0.2) is 0 Å². The Hall–Kier alpha value is -0.630. The molecule has 1 saturated heterocycles. The van der Waals surface area contributed by atoms with Crippen LogP contribution in [0.25, 0.3) is 0 Å². The summed E-state index contributed by atoms with van der Waals surface area (Å²) in [5.41, 5.74) is 0. The number of likely N-dealkylation sites (tertiary alicyclic amines) is 1. The summed E-state index contributed by atoms with van der Waals surface area (Å²) in [6.45, 7) is 7.74. The van der Waals surface area contributed by atoms with Crippen LogP contribution in [0.2, 0.25) is 0 Å². The normalized spacial score (nSPS) is 19.5. The van der Waals surface area contributed by atoms with E-state index in [9.17, 15) is 0 Å². The van der Waals surface area contributed by atoms with Gasteiger partial charge < -0.3 is 15.1 Å². The van der Waals surface area contributed by atoms with Crippen LogP contribution >= 0.6 is 0 Å². The molecule has 0 radical (unpaired) electrons. The van der Waals surface area contributed by atoms with E-state index in [1.807, 2.05) is 0 Å². The lowest BCUT2D eigenvalue weighted by Gasteiger charge is -2.31. The van der Waals surface area contributed by atoms with Gasteiger partial charge in [0.25, 0.3) is 0 Å². The summed E-state index contributed by atoms with van der Waals surface area (Å²) in [6.07, 6.45) is 4.65. The molecule has 0 aromatic carbocycles. The van der Waals surface area contributed by atoms with Crippen molar-refractivity contribution in [1.82, 2.24) is 15.1 Å². The molecule has 1 aliphatic heterocycles. The monoisotopic (exact) mass is 266 g/mol. The van der Waals surface area contributed by atoms with Crippen molar-refractivity contribution < 1.29 is 0 Å². The molecule has 1 atom stereocenters. The Morgan fingerprint density at radius 1 is 1.42 bits per heavy atom. The molecule has 0 aromatic heterocycles. The van der Waals surface area contributed by atoms with Gasteiger partial charge in [-0.05, 0) is 65.3 Å². The van der Waals surface area contributed by atoms with E-state index in [-0.39, 0.29) is 6.04 Å². The van der Waals surface area contributed by atoms with Gasteiger partial charge in [0.05, 0.1) is 12.1 Å². The third-order valence-electron chi connectivity index (χ3n) is 4.00. The van der Waals surface area contributed by atoms with Crippen LogP contribution in [0.15, 0.2) is 0 Å². The average molecular weight is 266 g/mol. The summed E-state index contributed by atoms with van der Waals surface area (Å²) in [6, 6.07) is 2.37. The fourth-order valence-electron chi connectivity index (χ4n) is 2.66. The van der Waals surface area contributed by atoms with E-state index < -0.39 is 0 Å². The van der Waals surface area contributed by atoms with Gasteiger partial charge in [-0.3, -0.25) is 0 Å². The van der Waals surface area contributed by atoms with Crippen LogP contribution in [0, 0.1) is 17.2 Å². The van der Waals surface area contributed by atoms with Gasteiger partial charge in [0.1, 0.15) is 0 Å². The smallest absolute Gasteiger partial charge is 0.0965 e. The highest BCUT2D eigenvalue weighted by atomic mass is 15.1. The first kappa shape index (κ1) is 16.4. The van der Waals surface area contributed by atoms with Crippen molar-refractivity contribution in [3.63, 3.8) is 0 Å². The van der Waals surface area contributed by atoms with Crippen LogP contribution in [0.5, 0.6) is 0 Å². The van der Waals surface area contributed by atoms with E-state index in [1.165, 1.54) is 32.5 Å². The molecule has 0 bridgehead atoms. The first-order chi connectivity index (χ1) is 9.15. The molecule has 0 amide bonds. The third-order valence-corrected chi connectivity index (χ3v) is 4.00. The van der Waals surface area contributed by atoms with Crippen LogP contribution in [0.1, 0.15) is 32.6 Å². The minimum absolute atomic E-state index is 0.0138. The van der Waals surface area contributed by atoms with Crippen molar-refractivity contribution in [2.75, 3.05) is 46.8 Å². The molecule has 110 valence electrons. The maximum atomic E-state index is 9.08. The Morgan fingerprint density at radius 3 is 2.68 bits per heavy atom. The SMILES string of the molecule is CCCNC(C#N)CCN(C)CC1CCN(C)CC1. The van der Waals surface area contributed by atoms with Crippen molar-refractivity contribution in [3.8, 4) is 6.07 Å². The molecule has 1 aliphatic rings. The Bertz CT molecular complexity index is 266. The summed E-state index contributed by atoms with van der Waals surface area (Å²) < 4.78 is 0. The highest BCUT2D eigenvalue weighted by Gasteiger charge is 2.18. The summed E-state index contributed by atoms with van der Waals surface area (Å²) in [5, 5.41) is 12.4. The summed E-state index contributed by atoms with van der Waals surface area (Å²) >= 11 is 0. The van der Waals surface area contributed by atoms with Crippen molar-refractivity contribution in [3.05, 3.63) is 0 Å². The predicted octanol–water partition coefficient (Wildman–Crippen LogP) is 1.54. The third kappa shape index (κ3) is 6.91. The molecule has 0 aromatic rings. The molecule has 1 N–H and O–H groups in total. The molecule has 0 saturated carbocycles. The van der Waals surface area contributed by atoms with E-state index in [1.54, 1.807) is 0 Å². The molecule has 19 heavy (non-hydrogen) atoms. The number of hydrogen-bond donors (Lipinski definition) is 1. The van der Waals surface area contributed by atoms with Crippen molar-refractivity contribution in [2.24, 2.45) is 5.92 Å². The first-order valence-corrected chi connectivity index (χ1v) is 7.65. The zero-order valence-corrected chi connectivity index (χ0v) is 12.9. The van der Waals surface area contributed by atoms with Gasteiger partial charge in [0, 0.05) is 13.1 Å². The second-order valence-corrected chi connectivity index (χ2v) is 5.93. The fraction of sp³-hybridized carbons (Fsp3) is 0.933.